The van der Waals surface area contributed by atoms with Gasteiger partial charge in [-0.2, -0.15) is 0 Å². The van der Waals surface area contributed by atoms with E-state index in [9.17, 15) is 4.79 Å². The zero-order valence-corrected chi connectivity index (χ0v) is 16.8. The fourth-order valence-electron chi connectivity index (χ4n) is 4.23. The lowest BCUT2D eigenvalue weighted by Crippen LogP contribution is -2.56. The number of ether oxygens (including phenoxy) is 2. The van der Waals surface area contributed by atoms with Gasteiger partial charge in [-0.3, -0.25) is 9.69 Å². The molecule has 27 heavy (non-hydrogen) atoms. The Morgan fingerprint density at radius 3 is 2.33 bits per heavy atom. The van der Waals surface area contributed by atoms with E-state index in [1.54, 1.807) is 0 Å². The standard InChI is InChI=1S/C22H32N2O3/c1-5-10-22(4,24-11-13-26-14-12-24)21(25)19-6-8-20(9-7-19)23-15-17(2)27-18(3)16-23/h5-9,17-18H,1,10-16H2,2-4H3. The van der Waals surface area contributed by atoms with Crippen LogP contribution >= 0.6 is 0 Å². The van der Waals surface area contributed by atoms with Crippen molar-refractivity contribution in [3.8, 4) is 0 Å². The molecule has 3 unspecified atom stereocenters. The van der Waals surface area contributed by atoms with E-state index in [1.807, 2.05) is 25.1 Å². The number of rotatable bonds is 6. The van der Waals surface area contributed by atoms with Crippen molar-refractivity contribution in [2.24, 2.45) is 0 Å². The first-order valence-corrected chi connectivity index (χ1v) is 9.93. The average molecular weight is 373 g/mol. The van der Waals surface area contributed by atoms with Crippen LogP contribution in [0.4, 0.5) is 5.69 Å². The van der Waals surface area contributed by atoms with E-state index in [1.165, 1.54) is 0 Å². The van der Waals surface area contributed by atoms with Crippen molar-refractivity contribution in [3.05, 3.63) is 42.5 Å². The molecule has 0 spiro atoms. The maximum atomic E-state index is 13.4. The number of morpholine rings is 2. The van der Waals surface area contributed by atoms with E-state index < -0.39 is 5.54 Å². The number of anilines is 1. The highest BCUT2D eigenvalue weighted by molar-refractivity contribution is 6.03. The fourth-order valence-corrected chi connectivity index (χ4v) is 4.23. The summed E-state index contributed by atoms with van der Waals surface area (Å²) >= 11 is 0. The first-order valence-electron chi connectivity index (χ1n) is 9.93. The topological polar surface area (TPSA) is 42.0 Å². The number of hydrogen-bond donors (Lipinski definition) is 0. The molecule has 0 saturated carbocycles. The first-order chi connectivity index (χ1) is 12.9. The summed E-state index contributed by atoms with van der Waals surface area (Å²) in [6.07, 6.45) is 2.91. The minimum Gasteiger partial charge on any atom is -0.379 e. The Morgan fingerprint density at radius 1 is 1.19 bits per heavy atom. The van der Waals surface area contributed by atoms with Crippen molar-refractivity contribution >= 4 is 11.5 Å². The number of hydrogen-bond acceptors (Lipinski definition) is 5. The van der Waals surface area contributed by atoms with Crippen LogP contribution in [0.3, 0.4) is 0 Å². The minimum atomic E-state index is -0.574. The zero-order valence-electron chi connectivity index (χ0n) is 16.8. The Hall–Kier alpha value is -1.69. The van der Waals surface area contributed by atoms with Gasteiger partial charge in [-0.1, -0.05) is 6.08 Å². The van der Waals surface area contributed by atoms with Crippen LogP contribution < -0.4 is 4.90 Å². The summed E-state index contributed by atoms with van der Waals surface area (Å²) in [5.74, 6) is 0.152. The van der Waals surface area contributed by atoms with Crippen molar-refractivity contribution < 1.29 is 14.3 Å². The molecule has 1 aromatic rings. The van der Waals surface area contributed by atoms with Crippen LogP contribution in [0.15, 0.2) is 36.9 Å². The van der Waals surface area contributed by atoms with Gasteiger partial charge in [-0.05, 0) is 51.5 Å². The zero-order chi connectivity index (χ0) is 19.4. The predicted molar refractivity (Wildman–Crippen MR) is 109 cm³/mol. The second-order valence-corrected chi connectivity index (χ2v) is 7.90. The molecule has 3 rings (SSSR count). The molecule has 2 aliphatic rings. The smallest absolute Gasteiger partial charge is 0.183 e. The van der Waals surface area contributed by atoms with Crippen LogP contribution in [0.2, 0.25) is 0 Å². The van der Waals surface area contributed by atoms with Crippen molar-refractivity contribution in [3.63, 3.8) is 0 Å². The summed E-state index contributed by atoms with van der Waals surface area (Å²) in [5.41, 5.74) is 1.32. The first kappa shape index (κ1) is 20.1. The van der Waals surface area contributed by atoms with Gasteiger partial charge >= 0.3 is 0 Å². The molecule has 3 atom stereocenters. The maximum Gasteiger partial charge on any atom is 0.183 e. The van der Waals surface area contributed by atoms with E-state index in [-0.39, 0.29) is 18.0 Å². The third-order valence-corrected chi connectivity index (χ3v) is 5.65. The highest BCUT2D eigenvalue weighted by Gasteiger charge is 2.39. The monoisotopic (exact) mass is 372 g/mol. The summed E-state index contributed by atoms with van der Waals surface area (Å²) in [4.78, 5) is 18.0. The highest BCUT2D eigenvalue weighted by Crippen LogP contribution is 2.28. The molecule has 0 N–H and O–H groups in total. The normalized spacial score (nSPS) is 26.4. The average Bonchev–Trinajstić information content (AvgIpc) is 2.67. The van der Waals surface area contributed by atoms with Gasteiger partial charge in [-0.15, -0.1) is 6.58 Å². The van der Waals surface area contributed by atoms with Gasteiger partial charge in [0.05, 0.1) is 31.0 Å². The lowest BCUT2D eigenvalue weighted by molar-refractivity contribution is -0.00875. The molecule has 0 radical (unpaired) electrons. The van der Waals surface area contributed by atoms with Crippen molar-refractivity contribution in [1.29, 1.82) is 0 Å². The lowest BCUT2D eigenvalue weighted by Gasteiger charge is -2.41. The van der Waals surface area contributed by atoms with Crippen molar-refractivity contribution in [2.45, 2.75) is 44.9 Å². The van der Waals surface area contributed by atoms with Crippen molar-refractivity contribution in [1.82, 2.24) is 4.90 Å². The molecule has 5 nitrogen and oxygen atoms in total. The third kappa shape index (κ3) is 4.42. The van der Waals surface area contributed by atoms with Gasteiger partial charge in [0, 0.05) is 37.4 Å². The quantitative estimate of drug-likeness (QED) is 0.567. The number of ketones is 1. The van der Waals surface area contributed by atoms with Gasteiger partial charge in [0.25, 0.3) is 0 Å². The van der Waals surface area contributed by atoms with E-state index in [0.717, 1.165) is 37.4 Å². The molecule has 2 fully saturated rings. The van der Waals surface area contributed by atoms with E-state index in [2.05, 4.69) is 42.4 Å². The molecule has 148 valence electrons. The number of benzene rings is 1. The molecule has 0 aromatic heterocycles. The van der Waals surface area contributed by atoms with Crippen LogP contribution in [0.25, 0.3) is 0 Å². The summed E-state index contributed by atoms with van der Waals surface area (Å²) < 4.78 is 11.3. The van der Waals surface area contributed by atoms with E-state index in [4.69, 9.17) is 9.47 Å². The summed E-state index contributed by atoms with van der Waals surface area (Å²) in [6, 6.07) is 8.05. The Bertz CT molecular complexity index is 644. The van der Waals surface area contributed by atoms with Crippen molar-refractivity contribution in [2.75, 3.05) is 44.3 Å². The molecule has 2 heterocycles. The largest absolute Gasteiger partial charge is 0.379 e. The Morgan fingerprint density at radius 2 is 1.78 bits per heavy atom. The lowest BCUT2D eigenvalue weighted by atomic mass is 9.85. The van der Waals surface area contributed by atoms with Crippen LogP contribution in [-0.2, 0) is 9.47 Å². The molecular formula is C22H32N2O3. The molecular weight excluding hydrogens is 340 g/mol. The number of Topliss-reactive ketones (excluding diaryl/α,β-unsaturated/α-hetero) is 1. The molecule has 0 amide bonds. The van der Waals surface area contributed by atoms with Gasteiger partial charge in [-0.25, -0.2) is 0 Å². The highest BCUT2D eigenvalue weighted by atomic mass is 16.5. The van der Waals surface area contributed by atoms with Gasteiger partial charge in [0.2, 0.25) is 0 Å². The number of nitrogens with zero attached hydrogens (tertiary/aromatic N) is 2. The molecule has 2 saturated heterocycles. The predicted octanol–water partition coefficient (Wildman–Crippen LogP) is 3.15. The maximum absolute atomic E-state index is 13.4. The minimum absolute atomic E-state index is 0.152. The summed E-state index contributed by atoms with van der Waals surface area (Å²) in [6.45, 7) is 14.8. The van der Waals surface area contributed by atoms with Crippen LogP contribution in [0, 0.1) is 0 Å². The third-order valence-electron chi connectivity index (χ3n) is 5.65. The summed E-state index contributed by atoms with van der Waals surface area (Å²) in [5, 5.41) is 0. The van der Waals surface area contributed by atoms with E-state index in [0.29, 0.717) is 19.6 Å². The molecule has 5 heteroatoms. The Kier molecular flexibility index (Phi) is 6.35. The van der Waals surface area contributed by atoms with Gasteiger partial charge < -0.3 is 14.4 Å². The SMILES string of the molecule is C=CCC(C)(C(=O)c1ccc(N2CC(C)OC(C)C2)cc1)N1CCOCC1. The molecule has 1 aromatic carbocycles. The Balaban J connectivity index is 1.78. The number of carbonyl (C=O) groups excluding carboxylic acids is 1. The fraction of sp³-hybridized carbons (Fsp3) is 0.591. The van der Waals surface area contributed by atoms with Gasteiger partial charge in [0.1, 0.15) is 0 Å². The Labute approximate surface area is 162 Å². The molecule has 0 bridgehead atoms. The number of carbonyl (C=O) groups is 1. The second-order valence-electron chi connectivity index (χ2n) is 7.90. The molecule has 0 aliphatic carbocycles. The molecule has 2 aliphatic heterocycles. The van der Waals surface area contributed by atoms with Gasteiger partial charge in [0.15, 0.2) is 5.78 Å². The van der Waals surface area contributed by atoms with Crippen LogP contribution in [0.1, 0.15) is 37.6 Å². The summed E-state index contributed by atoms with van der Waals surface area (Å²) in [7, 11) is 0. The van der Waals surface area contributed by atoms with E-state index >= 15 is 0 Å². The second kappa shape index (κ2) is 8.55. The van der Waals surface area contributed by atoms with Crippen LogP contribution in [0.5, 0.6) is 0 Å². The van der Waals surface area contributed by atoms with Crippen LogP contribution in [-0.4, -0.2) is 67.8 Å².